The number of anilines is 1. The summed E-state index contributed by atoms with van der Waals surface area (Å²) in [5.74, 6) is 0. The van der Waals surface area contributed by atoms with E-state index in [0.29, 0.717) is 13.1 Å². The third-order valence-corrected chi connectivity index (χ3v) is 4.17. The largest absolute Gasteiger partial charge is 0.388 e. The van der Waals surface area contributed by atoms with E-state index in [2.05, 4.69) is 5.32 Å². The molecule has 6 heteroatoms. The first-order chi connectivity index (χ1) is 7.52. The van der Waals surface area contributed by atoms with E-state index in [0.717, 1.165) is 5.69 Å². The van der Waals surface area contributed by atoms with Crippen LogP contribution in [0.1, 0.15) is 0 Å². The van der Waals surface area contributed by atoms with E-state index in [1.165, 1.54) is 11.4 Å². The molecule has 3 N–H and O–H groups in total. The van der Waals surface area contributed by atoms with Gasteiger partial charge in [-0.2, -0.15) is 4.31 Å². The maximum Gasteiger partial charge on any atom is 0.242 e. The molecule has 0 bridgehead atoms. The van der Waals surface area contributed by atoms with Gasteiger partial charge < -0.3 is 11.1 Å². The average Bonchev–Trinajstić information content (AvgIpc) is 2.29. The molecule has 0 aliphatic heterocycles. The molecule has 0 saturated heterocycles. The number of nitrogens with two attached hydrogens (primary N) is 1. The van der Waals surface area contributed by atoms with Gasteiger partial charge in [0, 0.05) is 32.9 Å². The second kappa shape index (κ2) is 5.29. The summed E-state index contributed by atoms with van der Waals surface area (Å²) in [6, 6.07) is 6.61. The van der Waals surface area contributed by atoms with Gasteiger partial charge in [0.1, 0.15) is 0 Å². The second-order valence-electron chi connectivity index (χ2n) is 3.39. The van der Waals surface area contributed by atoms with Gasteiger partial charge in [0.15, 0.2) is 0 Å². The highest BCUT2D eigenvalue weighted by molar-refractivity contribution is 7.89. The van der Waals surface area contributed by atoms with Crippen LogP contribution in [0, 0.1) is 0 Å². The summed E-state index contributed by atoms with van der Waals surface area (Å²) >= 11 is 0. The number of likely N-dealkylation sites (N-methyl/N-ethyl adjacent to an activating group) is 1. The summed E-state index contributed by atoms with van der Waals surface area (Å²) in [7, 11) is -0.0968. The van der Waals surface area contributed by atoms with Crippen molar-refractivity contribution in [2.24, 2.45) is 5.73 Å². The van der Waals surface area contributed by atoms with Crippen molar-refractivity contribution in [3.63, 3.8) is 0 Å². The van der Waals surface area contributed by atoms with Gasteiger partial charge >= 0.3 is 0 Å². The van der Waals surface area contributed by atoms with E-state index in [4.69, 9.17) is 5.73 Å². The smallest absolute Gasteiger partial charge is 0.242 e. The molecule has 0 aromatic heterocycles. The number of benzene rings is 1. The highest BCUT2D eigenvalue weighted by atomic mass is 32.2. The molecule has 0 heterocycles. The summed E-state index contributed by atoms with van der Waals surface area (Å²) in [5, 5.41) is 2.93. The summed E-state index contributed by atoms with van der Waals surface area (Å²) in [5.41, 5.74) is 6.21. The van der Waals surface area contributed by atoms with Crippen molar-refractivity contribution in [1.29, 1.82) is 0 Å². The molecule has 0 amide bonds. The molecule has 1 aromatic carbocycles. The zero-order valence-electron chi connectivity index (χ0n) is 9.47. The fourth-order valence-electron chi connectivity index (χ4n) is 1.28. The zero-order valence-corrected chi connectivity index (χ0v) is 10.3. The Morgan fingerprint density at radius 1 is 1.31 bits per heavy atom. The molecule has 0 saturated carbocycles. The molecule has 90 valence electrons. The van der Waals surface area contributed by atoms with Crippen LogP contribution in [0.2, 0.25) is 0 Å². The van der Waals surface area contributed by atoms with Crippen LogP contribution < -0.4 is 11.1 Å². The summed E-state index contributed by atoms with van der Waals surface area (Å²) in [6.07, 6.45) is 0. The van der Waals surface area contributed by atoms with Gasteiger partial charge in [0.2, 0.25) is 10.0 Å². The summed E-state index contributed by atoms with van der Waals surface area (Å²) < 4.78 is 25.2. The van der Waals surface area contributed by atoms with E-state index in [1.807, 2.05) is 0 Å². The predicted octanol–water partition coefficient (Wildman–Crippen LogP) is 0.308. The lowest BCUT2D eigenvalue weighted by molar-refractivity contribution is 0.476. The van der Waals surface area contributed by atoms with Crippen LogP contribution >= 0.6 is 0 Å². The Balaban J connectivity index is 2.98. The zero-order chi connectivity index (χ0) is 12.2. The van der Waals surface area contributed by atoms with Crippen molar-refractivity contribution < 1.29 is 8.42 Å². The lowest BCUT2D eigenvalue weighted by Crippen LogP contribution is -2.31. The predicted molar refractivity (Wildman–Crippen MR) is 64.9 cm³/mol. The van der Waals surface area contributed by atoms with Gasteiger partial charge in [-0.05, 0) is 24.3 Å². The third kappa shape index (κ3) is 2.72. The Kier molecular flexibility index (Phi) is 4.28. The van der Waals surface area contributed by atoms with Crippen LogP contribution in [0.25, 0.3) is 0 Å². The lowest BCUT2D eigenvalue weighted by atomic mass is 10.3. The third-order valence-electron chi connectivity index (χ3n) is 2.30. The van der Waals surface area contributed by atoms with E-state index >= 15 is 0 Å². The molecule has 0 spiro atoms. The quantitative estimate of drug-likeness (QED) is 0.780. The maximum atomic E-state index is 12.0. The standard InChI is InChI=1S/C10H17N3O2S/c1-12-9-3-5-10(6-4-9)16(14,15)13(2)8-7-11/h3-6,12H,7-8,11H2,1-2H3. The van der Waals surface area contributed by atoms with Crippen LogP contribution in [-0.2, 0) is 10.0 Å². The molecule has 0 radical (unpaired) electrons. The van der Waals surface area contributed by atoms with Crippen molar-refractivity contribution in [2.75, 3.05) is 32.5 Å². The van der Waals surface area contributed by atoms with Gasteiger partial charge in [0.25, 0.3) is 0 Å². The molecule has 16 heavy (non-hydrogen) atoms. The number of nitrogens with one attached hydrogen (secondary N) is 1. The van der Waals surface area contributed by atoms with Crippen LogP contribution in [0.5, 0.6) is 0 Å². The molecule has 1 rings (SSSR count). The first-order valence-corrected chi connectivity index (χ1v) is 6.40. The molecule has 5 nitrogen and oxygen atoms in total. The molecular formula is C10H17N3O2S. The van der Waals surface area contributed by atoms with Crippen molar-refractivity contribution in [1.82, 2.24) is 4.31 Å². The lowest BCUT2D eigenvalue weighted by Gasteiger charge is -2.16. The van der Waals surface area contributed by atoms with E-state index in [-0.39, 0.29) is 4.90 Å². The normalized spacial score (nSPS) is 11.8. The van der Waals surface area contributed by atoms with Gasteiger partial charge in [0.05, 0.1) is 4.90 Å². The van der Waals surface area contributed by atoms with Crippen LogP contribution in [0.3, 0.4) is 0 Å². The van der Waals surface area contributed by atoms with Crippen LogP contribution in [-0.4, -0.2) is 39.9 Å². The molecule has 0 aliphatic rings. The number of sulfonamides is 1. The second-order valence-corrected chi connectivity index (χ2v) is 5.43. The molecule has 0 unspecified atom stereocenters. The molecule has 0 aliphatic carbocycles. The maximum absolute atomic E-state index is 12.0. The highest BCUT2D eigenvalue weighted by Crippen LogP contribution is 2.16. The van der Waals surface area contributed by atoms with E-state index in [1.54, 1.807) is 31.3 Å². The fourth-order valence-corrected chi connectivity index (χ4v) is 2.46. The Labute approximate surface area is 96.3 Å². The number of rotatable bonds is 5. The first-order valence-electron chi connectivity index (χ1n) is 4.96. The topological polar surface area (TPSA) is 75.4 Å². The fraction of sp³-hybridized carbons (Fsp3) is 0.400. The SMILES string of the molecule is CNc1ccc(S(=O)(=O)N(C)CCN)cc1. The molecule has 0 fully saturated rings. The minimum absolute atomic E-state index is 0.280. The minimum atomic E-state index is -3.40. The van der Waals surface area contributed by atoms with Crippen LogP contribution in [0.4, 0.5) is 5.69 Å². The summed E-state index contributed by atoms with van der Waals surface area (Å²) in [4.78, 5) is 0.280. The van der Waals surface area contributed by atoms with Gasteiger partial charge in [-0.3, -0.25) is 0 Å². The van der Waals surface area contributed by atoms with Crippen molar-refractivity contribution in [3.05, 3.63) is 24.3 Å². The Bertz CT molecular complexity index is 428. The Hall–Kier alpha value is -1.11. The van der Waals surface area contributed by atoms with Crippen LogP contribution in [0.15, 0.2) is 29.2 Å². The monoisotopic (exact) mass is 243 g/mol. The van der Waals surface area contributed by atoms with Crippen molar-refractivity contribution in [3.8, 4) is 0 Å². The van der Waals surface area contributed by atoms with E-state index < -0.39 is 10.0 Å². The van der Waals surface area contributed by atoms with Gasteiger partial charge in [-0.1, -0.05) is 0 Å². The van der Waals surface area contributed by atoms with Gasteiger partial charge in [-0.25, -0.2) is 8.42 Å². The molecule has 1 aromatic rings. The van der Waals surface area contributed by atoms with E-state index in [9.17, 15) is 8.42 Å². The Morgan fingerprint density at radius 2 is 1.88 bits per heavy atom. The average molecular weight is 243 g/mol. The van der Waals surface area contributed by atoms with Gasteiger partial charge in [-0.15, -0.1) is 0 Å². The highest BCUT2D eigenvalue weighted by Gasteiger charge is 2.19. The number of hydrogen-bond donors (Lipinski definition) is 2. The first kappa shape index (κ1) is 13.0. The molecule has 0 atom stereocenters. The van der Waals surface area contributed by atoms with Crippen molar-refractivity contribution >= 4 is 15.7 Å². The van der Waals surface area contributed by atoms with Crippen molar-refractivity contribution in [2.45, 2.75) is 4.90 Å². The number of hydrogen-bond acceptors (Lipinski definition) is 4. The Morgan fingerprint density at radius 3 is 2.31 bits per heavy atom. The number of nitrogens with zero attached hydrogens (tertiary/aromatic N) is 1. The minimum Gasteiger partial charge on any atom is -0.388 e. The summed E-state index contributed by atoms with van der Waals surface area (Å²) in [6.45, 7) is 0.625. The molecular weight excluding hydrogens is 226 g/mol.